The summed E-state index contributed by atoms with van der Waals surface area (Å²) in [4.78, 5) is 23.5. The summed E-state index contributed by atoms with van der Waals surface area (Å²) in [6.45, 7) is 3.26. The van der Waals surface area contributed by atoms with Crippen LogP contribution >= 0.6 is 11.6 Å². The molecule has 2 aromatic rings. The molecule has 0 unspecified atom stereocenters. The summed E-state index contributed by atoms with van der Waals surface area (Å²) < 4.78 is 0. The topological polar surface area (TPSA) is 82.0 Å². The third-order valence-corrected chi connectivity index (χ3v) is 3.97. The van der Waals surface area contributed by atoms with Crippen LogP contribution in [0.4, 0.5) is 11.4 Å². The monoisotopic (exact) mass is 353 g/mol. The highest BCUT2D eigenvalue weighted by Crippen LogP contribution is 2.23. The number of halogens is 1. The summed E-state index contributed by atoms with van der Waals surface area (Å²) in [5.74, 6) is -0.572. The van der Waals surface area contributed by atoms with Gasteiger partial charge < -0.3 is 10.6 Å². The first-order chi connectivity index (χ1) is 11.9. The summed E-state index contributed by atoms with van der Waals surface area (Å²) in [7, 11) is 0. The zero-order valence-corrected chi connectivity index (χ0v) is 14.5. The van der Waals surface area contributed by atoms with Crippen molar-refractivity contribution in [2.24, 2.45) is 0 Å². The van der Waals surface area contributed by atoms with E-state index < -0.39 is 5.91 Å². The summed E-state index contributed by atoms with van der Waals surface area (Å²) in [6.07, 6.45) is 1.32. The molecule has 2 rings (SSSR count). The van der Waals surface area contributed by atoms with Crippen LogP contribution in [0.3, 0.4) is 0 Å². The lowest BCUT2D eigenvalue weighted by atomic mass is 10.1. The predicted molar refractivity (Wildman–Crippen MR) is 98.6 cm³/mol. The van der Waals surface area contributed by atoms with E-state index in [-0.39, 0.29) is 11.4 Å². The number of carbonyl (C=O) groups excluding carboxylic acids is 2. The number of benzene rings is 2. The number of Topliss-reactive ketones (excluding diaryl/α,β-unsaturated/α-hetero) is 1. The number of anilines is 2. The normalized spacial score (nSPS) is 10.7. The SMILES string of the molecule is CC(=O)c1ccc(N/C=C(/C#N)C(=O)Nc2cccc(Cl)c2C)cc1. The molecule has 2 aromatic carbocycles. The van der Waals surface area contributed by atoms with Gasteiger partial charge in [0.1, 0.15) is 11.6 Å². The van der Waals surface area contributed by atoms with Crippen LogP contribution < -0.4 is 10.6 Å². The van der Waals surface area contributed by atoms with Crippen LogP contribution in [0, 0.1) is 18.3 Å². The number of nitrogens with one attached hydrogen (secondary N) is 2. The summed E-state index contributed by atoms with van der Waals surface area (Å²) in [5, 5.41) is 15.3. The molecule has 0 aliphatic carbocycles. The Morgan fingerprint density at radius 2 is 1.84 bits per heavy atom. The Kier molecular flexibility index (Phi) is 5.93. The highest BCUT2D eigenvalue weighted by atomic mass is 35.5. The third-order valence-electron chi connectivity index (χ3n) is 3.56. The van der Waals surface area contributed by atoms with Gasteiger partial charge in [0.25, 0.3) is 5.91 Å². The van der Waals surface area contributed by atoms with Crippen molar-refractivity contribution in [3.63, 3.8) is 0 Å². The second-order valence-electron chi connectivity index (χ2n) is 5.31. The van der Waals surface area contributed by atoms with Crippen molar-refractivity contribution in [2.45, 2.75) is 13.8 Å². The van der Waals surface area contributed by atoms with Crippen LogP contribution in [-0.4, -0.2) is 11.7 Å². The van der Waals surface area contributed by atoms with Gasteiger partial charge in [-0.1, -0.05) is 17.7 Å². The third kappa shape index (κ3) is 4.69. The van der Waals surface area contributed by atoms with Crippen molar-refractivity contribution in [1.29, 1.82) is 5.26 Å². The molecule has 0 spiro atoms. The molecule has 0 saturated heterocycles. The Balaban J connectivity index is 2.11. The van der Waals surface area contributed by atoms with Gasteiger partial charge in [-0.25, -0.2) is 0 Å². The summed E-state index contributed by atoms with van der Waals surface area (Å²) in [6, 6.07) is 13.7. The van der Waals surface area contributed by atoms with E-state index in [2.05, 4.69) is 10.6 Å². The Morgan fingerprint density at radius 1 is 1.16 bits per heavy atom. The molecule has 6 heteroatoms. The van der Waals surface area contributed by atoms with Crippen molar-refractivity contribution in [1.82, 2.24) is 0 Å². The number of nitrogens with zero attached hydrogens (tertiary/aromatic N) is 1. The first-order valence-electron chi connectivity index (χ1n) is 7.46. The quantitative estimate of drug-likeness (QED) is 0.476. The zero-order valence-electron chi connectivity index (χ0n) is 13.8. The lowest BCUT2D eigenvalue weighted by Crippen LogP contribution is -2.15. The average Bonchev–Trinajstić information content (AvgIpc) is 2.60. The molecule has 25 heavy (non-hydrogen) atoms. The Hall–Kier alpha value is -3.10. The maximum Gasteiger partial charge on any atom is 0.267 e. The maximum atomic E-state index is 12.2. The lowest BCUT2D eigenvalue weighted by Gasteiger charge is -2.09. The number of amides is 1. The van der Waals surface area contributed by atoms with E-state index in [4.69, 9.17) is 11.6 Å². The molecule has 126 valence electrons. The fourth-order valence-corrected chi connectivity index (χ4v) is 2.21. The standard InChI is InChI=1S/C19H16ClN3O2/c1-12-17(20)4-3-5-18(12)23-19(25)15(10-21)11-22-16-8-6-14(7-9-16)13(2)24/h3-9,11,22H,1-2H3,(H,23,25)/b15-11-. The van der Waals surface area contributed by atoms with Crippen molar-refractivity contribution in [2.75, 3.05) is 10.6 Å². The van der Waals surface area contributed by atoms with Gasteiger partial charge in [-0.2, -0.15) is 5.26 Å². The predicted octanol–water partition coefficient (Wildman–Crippen LogP) is 4.31. The molecule has 0 aromatic heterocycles. The molecule has 0 aliphatic rings. The largest absolute Gasteiger partial charge is 0.360 e. The van der Waals surface area contributed by atoms with Gasteiger partial charge in [0.2, 0.25) is 0 Å². The second-order valence-corrected chi connectivity index (χ2v) is 5.72. The van der Waals surface area contributed by atoms with Crippen molar-refractivity contribution in [3.05, 3.63) is 70.4 Å². The van der Waals surface area contributed by atoms with Crippen LogP contribution in [0.1, 0.15) is 22.8 Å². The molecule has 0 heterocycles. The molecular weight excluding hydrogens is 338 g/mol. The number of hydrogen-bond acceptors (Lipinski definition) is 4. The fourth-order valence-electron chi connectivity index (χ4n) is 2.04. The summed E-state index contributed by atoms with van der Waals surface area (Å²) in [5.41, 5.74) is 2.43. The van der Waals surface area contributed by atoms with Crippen molar-refractivity contribution >= 4 is 34.7 Å². The molecular formula is C19H16ClN3O2. The van der Waals surface area contributed by atoms with E-state index >= 15 is 0 Å². The van der Waals surface area contributed by atoms with Crippen LogP contribution in [0.15, 0.2) is 54.2 Å². The molecule has 0 aliphatic heterocycles. The molecule has 0 bridgehead atoms. The highest BCUT2D eigenvalue weighted by Gasteiger charge is 2.11. The van der Waals surface area contributed by atoms with Gasteiger partial charge in [-0.15, -0.1) is 0 Å². The Bertz CT molecular complexity index is 881. The average molecular weight is 354 g/mol. The minimum Gasteiger partial charge on any atom is -0.360 e. The van der Waals surface area contributed by atoms with Crippen LogP contribution in [0.2, 0.25) is 5.02 Å². The number of carbonyl (C=O) groups is 2. The van der Waals surface area contributed by atoms with Gasteiger partial charge in [-0.05, 0) is 55.8 Å². The first-order valence-corrected chi connectivity index (χ1v) is 7.84. The zero-order chi connectivity index (χ0) is 18.4. The molecule has 2 N–H and O–H groups in total. The van der Waals surface area contributed by atoms with Crippen LogP contribution in [0.25, 0.3) is 0 Å². The molecule has 0 fully saturated rings. The van der Waals surface area contributed by atoms with E-state index in [9.17, 15) is 14.9 Å². The van der Waals surface area contributed by atoms with Gasteiger partial charge in [-0.3, -0.25) is 9.59 Å². The number of hydrogen-bond donors (Lipinski definition) is 2. The van der Waals surface area contributed by atoms with E-state index in [1.165, 1.54) is 13.1 Å². The van der Waals surface area contributed by atoms with E-state index in [0.29, 0.717) is 22.0 Å². The Morgan fingerprint density at radius 3 is 2.44 bits per heavy atom. The lowest BCUT2D eigenvalue weighted by molar-refractivity contribution is -0.112. The molecule has 5 nitrogen and oxygen atoms in total. The second kappa shape index (κ2) is 8.13. The van der Waals surface area contributed by atoms with Crippen LogP contribution in [0.5, 0.6) is 0 Å². The number of rotatable bonds is 5. The smallest absolute Gasteiger partial charge is 0.267 e. The number of ketones is 1. The van der Waals surface area contributed by atoms with Crippen molar-refractivity contribution < 1.29 is 9.59 Å². The highest BCUT2D eigenvalue weighted by molar-refractivity contribution is 6.31. The Labute approximate surface area is 150 Å². The van der Waals surface area contributed by atoms with Gasteiger partial charge >= 0.3 is 0 Å². The van der Waals surface area contributed by atoms with Gasteiger partial charge in [0.05, 0.1) is 0 Å². The maximum absolute atomic E-state index is 12.2. The van der Waals surface area contributed by atoms with Gasteiger partial charge in [0, 0.05) is 28.2 Å². The summed E-state index contributed by atoms with van der Waals surface area (Å²) >= 11 is 6.02. The molecule has 0 saturated carbocycles. The van der Waals surface area contributed by atoms with Crippen LogP contribution in [-0.2, 0) is 4.79 Å². The molecule has 0 atom stereocenters. The van der Waals surface area contributed by atoms with E-state index in [1.54, 1.807) is 49.4 Å². The van der Waals surface area contributed by atoms with Crippen molar-refractivity contribution in [3.8, 4) is 6.07 Å². The fraction of sp³-hybridized carbons (Fsp3) is 0.105. The minimum atomic E-state index is -0.541. The molecule has 0 radical (unpaired) electrons. The minimum absolute atomic E-state index is 0.0314. The molecule has 1 amide bonds. The number of nitriles is 1. The first kappa shape index (κ1) is 18.2. The van der Waals surface area contributed by atoms with E-state index in [1.807, 2.05) is 6.07 Å². The van der Waals surface area contributed by atoms with E-state index in [0.717, 1.165) is 5.56 Å². The van der Waals surface area contributed by atoms with Gasteiger partial charge in [0.15, 0.2) is 5.78 Å².